The molecular formula is C22H25NO5. The van der Waals surface area contributed by atoms with Crippen LogP contribution in [0.5, 0.6) is 17.2 Å². The largest absolute Gasteiger partial charge is 0.493 e. The molecule has 0 spiro atoms. The highest BCUT2D eigenvalue weighted by molar-refractivity contribution is 5.84. The van der Waals surface area contributed by atoms with E-state index in [-0.39, 0.29) is 0 Å². The molecule has 2 aromatic carbocycles. The highest BCUT2D eigenvalue weighted by Gasteiger charge is 2.03. The van der Waals surface area contributed by atoms with Gasteiger partial charge in [-0.3, -0.25) is 4.98 Å². The highest BCUT2D eigenvalue weighted by Crippen LogP contribution is 2.25. The molecule has 3 aromatic rings. The zero-order valence-corrected chi connectivity index (χ0v) is 16.0. The summed E-state index contributed by atoms with van der Waals surface area (Å²) in [5, 5.41) is 1.06. The summed E-state index contributed by atoms with van der Waals surface area (Å²) >= 11 is 0. The molecule has 6 nitrogen and oxygen atoms in total. The second kappa shape index (κ2) is 11.1. The van der Waals surface area contributed by atoms with Gasteiger partial charge in [0.2, 0.25) is 0 Å². The van der Waals surface area contributed by atoms with Gasteiger partial charge >= 0.3 is 0 Å². The van der Waals surface area contributed by atoms with Crippen LogP contribution in [-0.2, 0) is 9.47 Å². The summed E-state index contributed by atoms with van der Waals surface area (Å²) in [5.41, 5.74) is 0.864. The van der Waals surface area contributed by atoms with Crippen LogP contribution in [0.1, 0.15) is 0 Å². The Balaban J connectivity index is 1.24. The number of hydrogen-bond donors (Lipinski definition) is 0. The van der Waals surface area contributed by atoms with Crippen LogP contribution in [0.25, 0.3) is 10.9 Å². The molecule has 0 radical (unpaired) electrons. The van der Waals surface area contributed by atoms with Gasteiger partial charge in [0, 0.05) is 11.6 Å². The maximum absolute atomic E-state index is 5.78. The van der Waals surface area contributed by atoms with Crippen molar-refractivity contribution in [2.75, 3.05) is 46.8 Å². The van der Waals surface area contributed by atoms with Gasteiger partial charge in [-0.2, -0.15) is 0 Å². The van der Waals surface area contributed by atoms with Crippen LogP contribution in [0, 0.1) is 0 Å². The van der Waals surface area contributed by atoms with Gasteiger partial charge in [0.05, 0.1) is 33.5 Å². The van der Waals surface area contributed by atoms with E-state index in [2.05, 4.69) is 4.98 Å². The van der Waals surface area contributed by atoms with Crippen molar-refractivity contribution in [3.8, 4) is 17.2 Å². The van der Waals surface area contributed by atoms with Gasteiger partial charge in [-0.1, -0.05) is 30.3 Å². The van der Waals surface area contributed by atoms with Crippen molar-refractivity contribution in [1.82, 2.24) is 4.98 Å². The molecule has 0 fully saturated rings. The average Bonchev–Trinajstić information content (AvgIpc) is 2.75. The molecule has 0 saturated heterocycles. The molecule has 148 valence electrons. The van der Waals surface area contributed by atoms with Gasteiger partial charge in [0.1, 0.15) is 24.5 Å². The van der Waals surface area contributed by atoms with Crippen molar-refractivity contribution < 1.29 is 23.7 Å². The van der Waals surface area contributed by atoms with Crippen LogP contribution in [0.15, 0.2) is 60.8 Å². The molecule has 0 atom stereocenters. The zero-order chi connectivity index (χ0) is 19.4. The average molecular weight is 383 g/mol. The summed E-state index contributed by atoms with van der Waals surface area (Å²) in [4.78, 5) is 4.37. The molecule has 0 bridgehead atoms. The lowest BCUT2D eigenvalue weighted by Gasteiger charge is -2.11. The molecule has 28 heavy (non-hydrogen) atoms. The minimum absolute atomic E-state index is 0.456. The van der Waals surface area contributed by atoms with Gasteiger partial charge in [0.15, 0.2) is 11.5 Å². The number of fused-ring (bicyclic) bond motifs is 1. The van der Waals surface area contributed by atoms with Crippen LogP contribution in [0.3, 0.4) is 0 Å². The normalized spacial score (nSPS) is 10.8. The molecule has 1 aromatic heterocycles. The van der Waals surface area contributed by atoms with Crippen molar-refractivity contribution in [3.05, 3.63) is 60.8 Å². The minimum atomic E-state index is 0.456. The quantitative estimate of drug-likeness (QED) is 0.444. The molecular weight excluding hydrogens is 358 g/mol. The van der Waals surface area contributed by atoms with Crippen molar-refractivity contribution in [1.29, 1.82) is 0 Å². The van der Waals surface area contributed by atoms with Crippen LogP contribution >= 0.6 is 0 Å². The Labute approximate surface area is 165 Å². The monoisotopic (exact) mass is 383 g/mol. The molecule has 0 aliphatic carbocycles. The summed E-state index contributed by atoms with van der Waals surface area (Å²) in [6, 6.07) is 17.4. The number of benzene rings is 2. The van der Waals surface area contributed by atoms with E-state index in [1.807, 2.05) is 54.6 Å². The lowest BCUT2D eigenvalue weighted by atomic mass is 10.2. The van der Waals surface area contributed by atoms with Crippen molar-refractivity contribution >= 4 is 10.9 Å². The van der Waals surface area contributed by atoms with Gasteiger partial charge in [-0.15, -0.1) is 0 Å². The Bertz CT molecular complexity index is 850. The van der Waals surface area contributed by atoms with Gasteiger partial charge < -0.3 is 23.7 Å². The Morgan fingerprint density at radius 2 is 1.25 bits per heavy atom. The molecule has 3 rings (SSSR count). The Kier molecular flexibility index (Phi) is 7.91. The number of pyridine rings is 1. The number of nitrogens with zero attached hydrogens (tertiary/aromatic N) is 1. The third-order valence-corrected chi connectivity index (χ3v) is 4.01. The van der Waals surface area contributed by atoms with E-state index >= 15 is 0 Å². The van der Waals surface area contributed by atoms with Crippen molar-refractivity contribution in [3.63, 3.8) is 0 Å². The van der Waals surface area contributed by atoms with E-state index in [9.17, 15) is 0 Å². The number of aromatic nitrogens is 1. The van der Waals surface area contributed by atoms with E-state index in [4.69, 9.17) is 23.7 Å². The first-order valence-electron chi connectivity index (χ1n) is 9.26. The molecule has 6 heteroatoms. The molecule has 0 aliphatic rings. The van der Waals surface area contributed by atoms with Crippen LogP contribution in [-0.4, -0.2) is 51.7 Å². The van der Waals surface area contributed by atoms with E-state index in [0.29, 0.717) is 51.1 Å². The molecule has 0 unspecified atom stereocenters. The number of methoxy groups -OCH3 is 1. The zero-order valence-electron chi connectivity index (χ0n) is 16.0. The maximum atomic E-state index is 5.78. The second-order valence-electron chi connectivity index (χ2n) is 5.90. The number of ether oxygens (including phenoxy) is 5. The number of rotatable bonds is 12. The standard InChI is InChI=1S/C22H25NO5/c1-24-19-8-2-3-9-20(19)27-16-14-25-12-13-26-15-17-28-21-10-4-6-18-7-5-11-23-22(18)21/h2-11H,12-17H2,1H3. The predicted molar refractivity (Wildman–Crippen MR) is 107 cm³/mol. The summed E-state index contributed by atoms with van der Waals surface area (Å²) in [7, 11) is 1.62. The Morgan fingerprint density at radius 1 is 0.643 bits per heavy atom. The fourth-order valence-electron chi connectivity index (χ4n) is 2.67. The molecule has 1 heterocycles. The summed E-state index contributed by atoms with van der Waals surface area (Å²) in [6.45, 7) is 2.91. The second-order valence-corrected chi connectivity index (χ2v) is 5.90. The fourth-order valence-corrected chi connectivity index (χ4v) is 2.67. The summed E-state index contributed by atoms with van der Waals surface area (Å²) < 4.78 is 27.7. The Morgan fingerprint density at radius 3 is 2.00 bits per heavy atom. The third kappa shape index (κ3) is 5.84. The molecule has 0 amide bonds. The first kappa shape index (κ1) is 19.9. The minimum Gasteiger partial charge on any atom is -0.493 e. The lowest BCUT2D eigenvalue weighted by Crippen LogP contribution is -2.13. The molecule has 0 aliphatic heterocycles. The smallest absolute Gasteiger partial charge is 0.161 e. The summed E-state index contributed by atoms with van der Waals surface area (Å²) in [5.74, 6) is 2.20. The van der Waals surface area contributed by atoms with E-state index < -0.39 is 0 Å². The molecule has 0 N–H and O–H groups in total. The van der Waals surface area contributed by atoms with Crippen LogP contribution < -0.4 is 14.2 Å². The first-order chi connectivity index (χ1) is 13.9. The van der Waals surface area contributed by atoms with E-state index in [1.54, 1.807) is 13.3 Å². The van der Waals surface area contributed by atoms with Gasteiger partial charge in [-0.25, -0.2) is 0 Å². The predicted octanol–water partition coefficient (Wildman–Crippen LogP) is 3.73. The summed E-state index contributed by atoms with van der Waals surface area (Å²) in [6.07, 6.45) is 1.76. The maximum Gasteiger partial charge on any atom is 0.161 e. The number of hydrogen-bond acceptors (Lipinski definition) is 6. The number of para-hydroxylation sites is 3. The van der Waals surface area contributed by atoms with Crippen LogP contribution in [0.2, 0.25) is 0 Å². The van der Waals surface area contributed by atoms with E-state index in [0.717, 1.165) is 16.7 Å². The topological polar surface area (TPSA) is 59.0 Å². The third-order valence-electron chi connectivity index (χ3n) is 4.01. The molecule has 0 saturated carbocycles. The SMILES string of the molecule is COc1ccccc1OCCOCCOCCOc1cccc2cccnc12. The first-order valence-corrected chi connectivity index (χ1v) is 9.26. The van der Waals surface area contributed by atoms with Crippen molar-refractivity contribution in [2.45, 2.75) is 0 Å². The highest BCUT2D eigenvalue weighted by atomic mass is 16.6. The lowest BCUT2D eigenvalue weighted by molar-refractivity contribution is 0.0272. The van der Waals surface area contributed by atoms with Crippen LogP contribution in [0.4, 0.5) is 0 Å². The van der Waals surface area contributed by atoms with Crippen molar-refractivity contribution in [2.24, 2.45) is 0 Å². The van der Waals surface area contributed by atoms with Gasteiger partial charge in [-0.05, 0) is 24.3 Å². The Hall–Kier alpha value is -2.83. The van der Waals surface area contributed by atoms with E-state index in [1.165, 1.54) is 0 Å². The van der Waals surface area contributed by atoms with Gasteiger partial charge in [0.25, 0.3) is 0 Å². The fraction of sp³-hybridized carbons (Fsp3) is 0.318.